The van der Waals surface area contributed by atoms with Gasteiger partial charge in [-0.1, -0.05) is 87.0 Å². The fourth-order valence-electron chi connectivity index (χ4n) is 5.86. The summed E-state index contributed by atoms with van der Waals surface area (Å²) in [4.78, 5) is 30.6. The van der Waals surface area contributed by atoms with Crippen molar-refractivity contribution < 1.29 is 9.59 Å². The average Bonchev–Trinajstić information content (AvgIpc) is 2.89. The van der Waals surface area contributed by atoms with Crippen LogP contribution in [0.5, 0.6) is 0 Å². The van der Waals surface area contributed by atoms with Gasteiger partial charge in [0.2, 0.25) is 5.91 Å². The SMILES string of the molecule is Cc1ccc(C(=O)N(Cc2ccccc2)C2(C(=O)Nc3c(C)cccc3C)CCC(C(C)(C)C)CC2)cc1. The molecule has 0 aromatic heterocycles. The predicted molar refractivity (Wildman–Crippen MR) is 156 cm³/mol. The third kappa shape index (κ3) is 5.85. The molecule has 0 radical (unpaired) electrons. The van der Waals surface area contributed by atoms with Crippen LogP contribution in [0.1, 0.15) is 79.1 Å². The van der Waals surface area contributed by atoms with Crippen LogP contribution in [0.4, 0.5) is 5.69 Å². The highest BCUT2D eigenvalue weighted by Gasteiger charge is 2.50. The molecule has 4 nitrogen and oxygen atoms in total. The van der Waals surface area contributed by atoms with Gasteiger partial charge in [0.05, 0.1) is 0 Å². The molecule has 0 bridgehead atoms. The fourth-order valence-corrected chi connectivity index (χ4v) is 5.86. The second-order valence-corrected chi connectivity index (χ2v) is 12.1. The van der Waals surface area contributed by atoms with Crippen LogP contribution < -0.4 is 5.32 Å². The van der Waals surface area contributed by atoms with Crippen LogP contribution in [0, 0.1) is 32.1 Å². The lowest BCUT2D eigenvalue weighted by atomic mass is 9.66. The molecule has 0 atom stereocenters. The monoisotopic (exact) mass is 510 g/mol. The van der Waals surface area contributed by atoms with Crippen molar-refractivity contribution in [3.8, 4) is 0 Å². The molecule has 3 aromatic carbocycles. The summed E-state index contributed by atoms with van der Waals surface area (Å²) in [5, 5.41) is 3.29. The Morgan fingerprint density at radius 1 is 0.842 bits per heavy atom. The zero-order valence-corrected chi connectivity index (χ0v) is 23.8. The van der Waals surface area contributed by atoms with Gasteiger partial charge in [-0.25, -0.2) is 0 Å². The number of rotatable bonds is 6. The van der Waals surface area contributed by atoms with E-state index < -0.39 is 5.54 Å². The number of nitrogens with zero attached hydrogens (tertiary/aromatic N) is 1. The van der Waals surface area contributed by atoms with Gasteiger partial charge in [-0.2, -0.15) is 0 Å². The van der Waals surface area contributed by atoms with E-state index in [0.29, 0.717) is 30.9 Å². The largest absolute Gasteiger partial charge is 0.324 e. The number of anilines is 1. The van der Waals surface area contributed by atoms with Crippen LogP contribution in [0.2, 0.25) is 0 Å². The first-order valence-corrected chi connectivity index (χ1v) is 13.8. The third-order valence-electron chi connectivity index (χ3n) is 8.42. The third-order valence-corrected chi connectivity index (χ3v) is 8.42. The minimum Gasteiger partial charge on any atom is -0.324 e. The maximum absolute atomic E-state index is 14.5. The van der Waals surface area contributed by atoms with E-state index in [4.69, 9.17) is 0 Å². The Labute approximate surface area is 228 Å². The Bertz CT molecular complexity index is 1240. The molecule has 0 aliphatic heterocycles. The second-order valence-electron chi connectivity index (χ2n) is 12.1. The second kappa shape index (κ2) is 11.1. The first kappa shape index (κ1) is 27.6. The van der Waals surface area contributed by atoms with Crippen LogP contribution in [0.25, 0.3) is 0 Å². The molecule has 1 N–H and O–H groups in total. The minimum atomic E-state index is -0.950. The Kier molecular flexibility index (Phi) is 8.10. The van der Waals surface area contributed by atoms with E-state index in [1.165, 1.54) is 0 Å². The molecule has 0 heterocycles. The van der Waals surface area contributed by atoms with Crippen LogP contribution in [-0.4, -0.2) is 22.3 Å². The molecule has 3 aromatic rings. The van der Waals surface area contributed by atoms with Gasteiger partial charge in [0, 0.05) is 17.8 Å². The Morgan fingerprint density at radius 3 is 1.97 bits per heavy atom. The molecule has 1 fully saturated rings. The maximum Gasteiger partial charge on any atom is 0.255 e. The van der Waals surface area contributed by atoms with Crippen molar-refractivity contribution in [3.63, 3.8) is 0 Å². The van der Waals surface area contributed by atoms with Gasteiger partial charge in [0.15, 0.2) is 0 Å². The number of amides is 2. The molecule has 4 rings (SSSR count). The number of carbonyl (C=O) groups excluding carboxylic acids is 2. The normalized spacial score (nSPS) is 19.6. The Hall–Kier alpha value is -3.40. The summed E-state index contributed by atoms with van der Waals surface area (Å²) in [5.74, 6) is 0.315. The van der Waals surface area contributed by atoms with Crippen molar-refractivity contribution in [2.45, 2.75) is 79.3 Å². The molecule has 38 heavy (non-hydrogen) atoms. The minimum absolute atomic E-state index is 0.0846. The molecule has 1 saturated carbocycles. The summed E-state index contributed by atoms with van der Waals surface area (Å²) < 4.78 is 0. The molecule has 200 valence electrons. The molecule has 1 aliphatic rings. The molecule has 0 spiro atoms. The summed E-state index contributed by atoms with van der Waals surface area (Å²) in [5.41, 5.74) is 4.83. The van der Waals surface area contributed by atoms with Crippen molar-refractivity contribution in [2.75, 3.05) is 5.32 Å². The molecule has 0 saturated heterocycles. The summed E-state index contributed by atoms with van der Waals surface area (Å²) >= 11 is 0. The van der Waals surface area contributed by atoms with Gasteiger partial charge in [-0.3, -0.25) is 9.59 Å². The van der Waals surface area contributed by atoms with Crippen LogP contribution in [0.15, 0.2) is 72.8 Å². The molecule has 4 heteroatoms. The summed E-state index contributed by atoms with van der Waals surface area (Å²) in [7, 11) is 0. The summed E-state index contributed by atoms with van der Waals surface area (Å²) in [6.45, 7) is 13.3. The number of nitrogens with one attached hydrogen (secondary N) is 1. The smallest absolute Gasteiger partial charge is 0.255 e. The van der Waals surface area contributed by atoms with E-state index in [-0.39, 0.29) is 17.2 Å². The molecule has 1 aliphatic carbocycles. The van der Waals surface area contributed by atoms with E-state index in [2.05, 4.69) is 26.1 Å². The highest BCUT2D eigenvalue weighted by Crippen LogP contribution is 2.45. The zero-order chi connectivity index (χ0) is 27.5. The van der Waals surface area contributed by atoms with Crippen molar-refractivity contribution in [2.24, 2.45) is 11.3 Å². The number of benzene rings is 3. The van der Waals surface area contributed by atoms with Crippen molar-refractivity contribution in [1.29, 1.82) is 0 Å². The lowest BCUT2D eigenvalue weighted by Gasteiger charge is -2.49. The van der Waals surface area contributed by atoms with Crippen LogP contribution >= 0.6 is 0 Å². The fraction of sp³-hybridized carbons (Fsp3) is 0.412. The van der Waals surface area contributed by atoms with Gasteiger partial charge in [-0.15, -0.1) is 0 Å². The summed E-state index contributed by atoms with van der Waals surface area (Å²) in [6, 6.07) is 23.8. The van der Waals surface area contributed by atoms with Gasteiger partial charge in [-0.05, 0) is 86.6 Å². The predicted octanol–water partition coefficient (Wildman–Crippen LogP) is 7.87. The van der Waals surface area contributed by atoms with Gasteiger partial charge < -0.3 is 10.2 Å². The quantitative estimate of drug-likeness (QED) is 0.367. The molecular weight excluding hydrogens is 468 g/mol. The number of hydrogen-bond acceptors (Lipinski definition) is 2. The number of para-hydroxylation sites is 1. The van der Waals surface area contributed by atoms with E-state index in [1.807, 2.05) is 98.5 Å². The van der Waals surface area contributed by atoms with E-state index in [1.54, 1.807) is 0 Å². The molecule has 2 amide bonds. The Balaban J connectivity index is 1.80. The van der Waals surface area contributed by atoms with E-state index in [9.17, 15) is 9.59 Å². The lowest BCUT2D eigenvalue weighted by molar-refractivity contribution is -0.130. The van der Waals surface area contributed by atoms with Crippen molar-refractivity contribution >= 4 is 17.5 Å². The number of aryl methyl sites for hydroxylation is 3. The maximum atomic E-state index is 14.5. The summed E-state index contributed by atoms with van der Waals surface area (Å²) in [6.07, 6.45) is 3.07. The average molecular weight is 511 g/mol. The van der Waals surface area contributed by atoms with Crippen molar-refractivity contribution in [3.05, 3.63) is 101 Å². The van der Waals surface area contributed by atoms with Gasteiger partial charge in [0.1, 0.15) is 5.54 Å². The standard InChI is InChI=1S/C34H42N2O2/c1-24-15-17-28(18-16-24)31(37)36(23-27-13-8-7-9-14-27)34(21-19-29(20-22-34)33(4,5)6)32(38)35-30-25(2)11-10-12-26(30)3/h7-18,29H,19-23H2,1-6H3,(H,35,38). The van der Waals surface area contributed by atoms with Crippen molar-refractivity contribution in [1.82, 2.24) is 4.90 Å². The molecular formula is C34H42N2O2. The van der Waals surface area contributed by atoms with Crippen LogP contribution in [0.3, 0.4) is 0 Å². The lowest BCUT2D eigenvalue weighted by Crippen LogP contribution is -2.60. The van der Waals surface area contributed by atoms with E-state index in [0.717, 1.165) is 40.8 Å². The Morgan fingerprint density at radius 2 is 1.42 bits per heavy atom. The first-order valence-electron chi connectivity index (χ1n) is 13.8. The first-order chi connectivity index (χ1) is 18.0. The van der Waals surface area contributed by atoms with E-state index >= 15 is 0 Å². The topological polar surface area (TPSA) is 49.4 Å². The van der Waals surface area contributed by atoms with Gasteiger partial charge >= 0.3 is 0 Å². The number of hydrogen-bond donors (Lipinski definition) is 1. The van der Waals surface area contributed by atoms with Crippen LogP contribution in [-0.2, 0) is 11.3 Å². The van der Waals surface area contributed by atoms with Gasteiger partial charge in [0.25, 0.3) is 5.91 Å². The number of carbonyl (C=O) groups is 2. The highest BCUT2D eigenvalue weighted by atomic mass is 16.2. The molecule has 0 unspecified atom stereocenters. The zero-order valence-electron chi connectivity index (χ0n) is 23.8. The highest BCUT2D eigenvalue weighted by molar-refractivity contribution is 6.04.